The van der Waals surface area contributed by atoms with E-state index in [4.69, 9.17) is 16.6 Å². The van der Waals surface area contributed by atoms with Crippen molar-refractivity contribution in [1.82, 2.24) is 4.57 Å². The summed E-state index contributed by atoms with van der Waals surface area (Å²) < 4.78 is 2.18. The Morgan fingerprint density at radius 3 is 2.52 bits per heavy atom. The minimum atomic E-state index is 0. The highest BCUT2D eigenvalue weighted by molar-refractivity contribution is 8.93. The molecule has 0 atom stereocenters. The Morgan fingerprint density at radius 1 is 1.00 bits per heavy atom. The van der Waals surface area contributed by atoms with E-state index in [1.165, 1.54) is 5.39 Å². The van der Waals surface area contributed by atoms with E-state index in [9.17, 15) is 0 Å². The van der Waals surface area contributed by atoms with E-state index in [0.29, 0.717) is 6.54 Å². The van der Waals surface area contributed by atoms with Crippen molar-refractivity contribution >= 4 is 56.4 Å². The minimum Gasteiger partial charge on any atom is -0.313 e. The average molecular weight is 458 g/mol. The fraction of sp³-hybridized carbons (Fsp3) is 0.0455. The Morgan fingerprint density at radius 2 is 1.74 bits per heavy atom. The van der Waals surface area contributed by atoms with Gasteiger partial charge in [0.15, 0.2) is 4.80 Å². The summed E-state index contributed by atoms with van der Waals surface area (Å²) in [6, 6.07) is 22.4. The number of halogens is 2. The van der Waals surface area contributed by atoms with Gasteiger partial charge < -0.3 is 4.57 Å². The number of nitrogens with zero attached hydrogens (tertiary/aromatic N) is 2. The number of fused-ring (bicyclic) bond motifs is 1. The maximum Gasteiger partial charge on any atom is 0.190 e. The highest BCUT2D eigenvalue weighted by Crippen LogP contribution is 2.26. The summed E-state index contributed by atoms with van der Waals surface area (Å²) in [6.07, 6.45) is 1.90. The Bertz CT molecular complexity index is 1140. The van der Waals surface area contributed by atoms with E-state index in [1.54, 1.807) is 11.3 Å². The molecule has 1 aromatic heterocycles. The molecule has 0 aliphatic rings. The van der Waals surface area contributed by atoms with Crippen LogP contribution in [0.15, 0.2) is 89.8 Å². The van der Waals surface area contributed by atoms with Crippen molar-refractivity contribution in [3.05, 3.63) is 94.6 Å². The lowest BCUT2D eigenvalue weighted by Crippen LogP contribution is -2.14. The van der Waals surface area contributed by atoms with Gasteiger partial charge in [-0.1, -0.05) is 66.2 Å². The van der Waals surface area contributed by atoms with Crippen LogP contribution in [0.3, 0.4) is 0 Å². The molecule has 0 saturated carbocycles. The molecule has 4 rings (SSSR count). The zero-order valence-corrected chi connectivity index (χ0v) is 17.8. The lowest BCUT2D eigenvalue weighted by atomic mass is 10.1. The second-order valence-electron chi connectivity index (χ2n) is 5.92. The molecule has 2 nitrogen and oxygen atoms in total. The quantitative estimate of drug-likeness (QED) is 0.293. The third kappa shape index (κ3) is 4.08. The summed E-state index contributed by atoms with van der Waals surface area (Å²) in [6.45, 7) is 4.60. The van der Waals surface area contributed by atoms with Crippen molar-refractivity contribution in [3.63, 3.8) is 0 Å². The molecule has 0 bridgehead atoms. The van der Waals surface area contributed by atoms with Crippen molar-refractivity contribution < 1.29 is 0 Å². The van der Waals surface area contributed by atoms with E-state index in [2.05, 4.69) is 40.8 Å². The van der Waals surface area contributed by atoms with Crippen LogP contribution in [0.25, 0.3) is 22.0 Å². The van der Waals surface area contributed by atoms with Crippen molar-refractivity contribution in [2.24, 2.45) is 4.99 Å². The summed E-state index contributed by atoms with van der Waals surface area (Å²) >= 11 is 7.66. The summed E-state index contributed by atoms with van der Waals surface area (Å²) in [4.78, 5) is 5.91. The first kappa shape index (κ1) is 19.6. The Hall–Kier alpha value is -2.14. The minimum absolute atomic E-state index is 0. The summed E-state index contributed by atoms with van der Waals surface area (Å²) in [5.74, 6) is 0. The van der Waals surface area contributed by atoms with E-state index in [0.717, 1.165) is 32.2 Å². The molecular formula is C22H18BrClN2S. The number of hydrogen-bond acceptors (Lipinski definition) is 2. The van der Waals surface area contributed by atoms with Gasteiger partial charge in [-0.15, -0.1) is 34.9 Å². The van der Waals surface area contributed by atoms with Gasteiger partial charge >= 0.3 is 0 Å². The second-order valence-corrected chi connectivity index (χ2v) is 7.19. The summed E-state index contributed by atoms with van der Waals surface area (Å²) in [7, 11) is 0. The molecule has 3 aromatic carbocycles. The molecule has 0 N–H and O–H groups in total. The molecule has 0 radical (unpaired) electrons. The molecule has 136 valence electrons. The predicted octanol–water partition coefficient (Wildman–Crippen LogP) is 7.02. The number of rotatable bonds is 4. The first-order valence-electron chi connectivity index (χ1n) is 8.34. The molecule has 0 saturated heterocycles. The van der Waals surface area contributed by atoms with Crippen LogP contribution in [0, 0.1) is 0 Å². The highest BCUT2D eigenvalue weighted by atomic mass is 79.9. The number of thiazole rings is 1. The molecule has 1 heterocycles. The smallest absolute Gasteiger partial charge is 0.190 e. The van der Waals surface area contributed by atoms with Gasteiger partial charge in [0.2, 0.25) is 0 Å². The monoisotopic (exact) mass is 456 g/mol. The Kier molecular flexibility index (Phi) is 6.32. The zero-order chi connectivity index (χ0) is 17.9. The van der Waals surface area contributed by atoms with Crippen LogP contribution in [0.2, 0.25) is 5.02 Å². The van der Waals surface area contributed by atoms with Crippen LogP contribution >= 0.6 is 39.9 Å². The topological polar surface area (TPSA) is 17.3 Å². The van der Waals surface area contributed by atoms with Gasteiger partial charge in [-0.2, -0.15) is 0 Å². The molecule has 0 spiro atoms. The van der Waals surface area contributed by atoms with E-state index in [-0.39, 0.29) is 17.0 Å². The van der Waals surface area contributed by atoms with Gasteiger partial charge in [0, 0.05) is 22.3 Å². The molecule has 27 heavy (non-hydrogen) atoms. The first-order chi connectivity index (χ1) is 12.8. The second kappa shape index (κ2) is 8.70. The van der Waals surface area contributed by atoms with Crippen LogP contribution in [0.5, 0.6) is 0 Å². The van der Waals surface area contributed by atoms with Gasteiger partial charge in [0.05, 0.1) is 11.4 Å². The zero-order valence-electron chi connectivity index (χ0n) is 14.5. The molecule has 0 amide bonds. The van der Waals surface area contributed by atoms with Crippen molar-refractivity contribution in [2.45, 2.75) is 6.54 Å². The van der Waals surface area contributed by atoms with Crippen LogP contribution < -0.4 is 4.80 Å². The van der Waals surface area contributed by atoms with Crippen LogP contribution in [-0.2, 0) is 6.54 Å². The first-order valence-corrected chi connectivity index (χ1v) is 9.59. The molecule has 0 unspecified atom stereocenters. The highest BCUT2D eigenvalue weighted by Gasteiger charge is 2.08. The van der Waals surface area contributed by atoms with Crippen molar-refractivity contribution in [2.75, 3.05) is 0 Å². The fourth-order valence-electron chi connectivity index (χ4n) is 2.98. The SMILES string of the molecule is Br.C=CCn1c(-c2ccc(Cl)cc2)csc1=Nc1cccc2ccccc12. The van der Waals surface area contributed by atoms with Crippen molar-refractivity contribution in [1.29, 1.82) is 0 Å². The van der Waals surface area contributed by atoms with Gasteiger partial charge in [-0.05, 0) is 29.1 Å². The molecule has 0 fully saturated rings. The molecular weight excluding hydrogens is 440 g/mol. The van der Waals surface area contributed by atoms with E-state index in [1.807, 2.05) is 48.5 Å². The summed E-state index contributed by atoms with van der Waals surface area (Å²) in [5.41, 5.74) is 3.21. The molecule has 5 heteroatoms. The van der Waals surface area contributed by atoms with E-state index >= 15 is 0 Å². The number of allylic oxidation sites excluding steroid dienone is 1. The number of aromatic nitrogens is 1. The normalized spacial score (nSPS) is 11.4. The van der Waals surface area contributed by atoms with Crippen molar-refractivity contribution in [3.8, 4) is 11.3 Å². The standard InChI is InChI=1S/C22H17ClN2S.BrH/c1-2-14-25-21(17-10-12-18(23)13-11-17)15-26-22(25)24-20-9-5-7-16-6-3-4-8-19(16)20;/h2-13,15H,1,14H2;1H. The largest absolute Gasteiger partial charge is 0.313 e. The molecule has 0 aliphatic carbocycles. The van der Waals surface area contributed by atoms with Crippen LogP contribution in [0.1, 0.15) is 0 Å². The van der Waals surface area contributed by atoms with Gasteiger partial charge in [0.1, 0.15) is 0 Å². The number of hydrogen-bond donors (Lipinski definition) is 0. The third-order valence-electron chi connectivity index (χ3n) is 4.23. The average Bonchev–Trinajstić information content (AvgIpc) is 3.06. The van der Waals surface area contributed by atoms with Gasteiger partial charge in [-0.25, -0.2) is 4.99 Å². The predicted molar refractivity (Wildman–Crippen MR) is 122 cm³/mol. The molecule has 0 aliphatic heterocycles. The molecule has 4 aromatic rings. The Labute approximate surface area is 177 Å². The lowest BCUT2D eigenvalue weighted by Gasteiger charge is -2.07. The number of benzene rings is 3. The van der Waals surface area contributed by atoms with Gasteiger partial charge in [-0.3, -0.25) is 0 Å². The van der Waals surface area contributed by atoms with Gasteiger partial charge in [0.25, 0.3) is 0 Å². The summed E-state index contributed by atoms with van der Waals surface area (Å²) in [5, 5.41) is 5.22. The lowest BCUT2D eigenvalue weighted by molar-refractivity contribution is 0.801. The maximum atomic E-state index is 6.03. The maximum absolute atomic E-state index is 6.03. The van der Waals surface area contributed by atoms with E-state index < -0.39 is 0 Å². The fourth-order valence-corrected chi connectivity index (χ4v) is 4.04. The van der Waals surface area contributed by atoms with Crippen LogP contribution in [0.4, 0.5) is 5.69 Å². The Balaban J connectivity index is 0.00000210. The third-order valence-corrected chi connectivity index (χ3v) is 5.35. The van der Waals surface area contributed by atoms with Crippen LogP contribution in [-0.4, -0.2) is 4.57 Å².